The van der Waals surface area contributed by atoms with Gasteiger partial charge in [0, 0.05) is 42.2 Å². The van der Waals surface area contributed by atoms with Gasteiger partial charge in [0.25, 0.3) is 0 Å². The fraction of sp³-hybridized carbons (Fsp3) is 0.605. The van der Waals surface area contributed by atoms with Crippen LogP contribution in [0.3, 0.4) is 0 Å². The molecule has 6 rings (SSSR count). The number of aromatic nitrogens is 1. The van der Waals surface area contributed by atoms with Gasteiger partial charge in [-0.3, -0.25) is 4.98 Å². The van der Waals surface area contributed by atoms with Gasteiger partial charge in [0.1, 0.15) is 6.10 Å². The van der Waals surface area contributed by atoms with Gasteiger partial charge < -0.3 is 18.8 Å². The van der Waals surface area contributed by atoms with Crippen molar-refractivity contribution in [1.29, 1.82) is 5.26 Å². The molecule has 1 saturated carbocycles. The Bertz CT molecular complexity index is 1630. The number of alkyl halides is 3. The van der Waals surface area contributed by atoms with E-state index in [0.717, 1.165) is 79.1 Å². The van der Waals surface area contributed by atoms with Crippen molar-refractivity contribution in [2.45, 2.75) is 103 Å². The van der Waals surface area contributed by atoms with Gasteiger partial charge in [-0.15, -0.1) is 0 Å². The second kappa shape index (κ2) is 14.0. The van der Waals surface area contributed by atoms with E-state index in [2.05, 4.69) is 38.5 Å². The van der Waals surface area contributed by atoms with Crippen LogP contribution in [-0.2, 0) is 26.3 Å². The number of hydrogen-bond donors (Lipinski definition) is 1. The molecule has 2 aliphatic carbocycles. The molecule has 3 atom stereocenters. The van der Waals surface area contributed by atoms with Gasteiger partial charge in [-0.25, -0.2) is 0 Å². The first kappa shape index (κ1) is 35.3. The fourth-order valence-corrected chi connectivity index (χ4v) is 9.06. The van der Waals surface area contributed by atoms with Crippen molar-refractivity contribution < 1.29 is 31.9 Å². The van der Waals surface area contributed by atoms with Crippen LogP contribution in [0.15, 0.2) is 24.3 Å². The molecule has 3 heterocycles. The first-order chi connectivity index (χ1) is 22.8. The van der Waals surface area contributed by atoms with E-state index < -0.39 is 34.2 Å². The van der Waals surface area contributed by atoms with Gasteiger partial charge in [0.2, 0.25) is 0 Å². The quantitative estimate of drug-likeness (QED) is 0.293. The Morgan fingerprint density at radius 2 is 1.92 bits per heavy atom. The van der Waals surface area contributed by atoms with Crippen LogP contribution in [0, 0.1) is 22.2 Å². The zero-order valence-electron chi connectivity index (χ0n) is 28.4. The third-order valence-corrected chi connectivity index (χ3v) is 11.6. The molecule has 48 heavy (non-hydrogen) atoms. The standard InChI is InChI=1S/C38H47F3N2O4S/c1-36(2,3)14-19-48(4)47-30-22-37(12-5-13-37)21-29-32(30)31(24-8-15-45-16-9-24)33(34(43-29)25-10-17-46-18-11-25)35(44)26-6-7-28(38(39,40)41)27(20-26)23-42/h6-8,19-20,25,30,35,44H,5,9-18,21-22H2,1-4H3. The van der Waals surface area contributed by atoms with E-state index in [1.165, 1.54) is 18.6 Å². The molecule has 1 aromatic carbocycles. The number of benzene rings is 1. The molecule has 10 heteroatoms. The third kappa shape index (κ3) is 7.46. The number of fused-ring (bicyclic) bond motifs is 1. The molecule has 1 spiro atoms. The van der Waals surface area contributed by atoms with Crippen molar-refractivity contribution in [3.63, 3.8) is 0 Å². The van der Waals surface area contributed by atoms with Crippen molar-refractivity contribution in [2.24, 2.45) is 10.8 Å². The lowest BCUT2D eigenvalue weighted by Crippen LogP contribution is -2.39. The highest BCUT2D eigenvalue weighted by molar-refractivity contribution is 8.10. The summed E-state index contributed by atoms with van der Waals surface area (Å²) in [6, 6.07) is 5.10. The lowest BCUT2D eigenvalue weighted by molar-refractivity contribution is -0.137. The number of nitrogens with zero attached hydrogens (tertiary/aromatic N) is 2. The molecule has 1 aromatic heterocycles. The van der Waals surface area contributed by atoms with E-state index in [-0.39, 0.29) is 28.4 Å². The number of aliphatic hydroxyl groups is 1. The fourth-order valence-electron chi connectivity index (χ4n) is 7.71. The first-order valence-corrected chi connectivity index (χ1v) is 18.8. The first-order valence-electron chi connectivity index (χ1n) is 17.1. The summed E-state index contributed by atoms with van der Waals surface area (Å²) in [4.78, 5) is 5.45. The predicted octanol–water partition coefficient (Wildman–Crippen LogP) is 8.98. The van der Waals surface area contributed by atoms with Gasteiger partial charge in [0.15, 0.2) is 0 Å². The number of halogens is 3. The maximum Gasteiger partial charge on any atom is 0.417 e. The Morgan fingerprint density at radius 1 is 1.17 bits per heavy atom. The number of pyridine rings is 1. The molecule has 1 N–H and O–H groups in total. The molecule has 2 aromatic rings. The topological polar surface area (TPSA) is 84.6 Å². The molecule has 6 nitrogen and oxygen atoms in total. The van der Waals surface area contributed by atoms with Crippen LogP contribution in [0.1, 0.15) is 135 Å². The zero-order valence-corrected chi connectivity index (χ0v) is 29.2. The number of ether oxygens (including phenoxy) is 2. The Morgan fingerprint density at radius 3 is 2.52 bits per heavy atom. The highest BCUT2D eigenvalue weighted by Crippen LogP contribution is 2.57. The Labute approximate surface area is 284 Å². The van der Waals surface area contributed by atoms with Gasteiger partial charge in [0.05, 0.1) is 42.2 Å². The number of nitriles is 1. The monoisotopic (exact) mass is 684 g/mol. The van der Waals surface area contributed by atoms with E-state index in [4.69, 9.17) is 18.6 Å². The molecule has 0 bridgehead atoms. The predicted molar refractivity (Wildman–Crippen MR) is 183 cm³/mol. The largest absolute Gasteiger partial charge is 0.417 e. The van der Waals surface area contributed by atoms with Crippen LogP contribution in [0.4, 0.5) is 13.2 Å². The smallest absolute Gasteiger partial charge is 0.384 e. The highest BCUT2D eigenvalue weighted by Gasteiger charge is 2.47. The summed E-state index contributed by atoms with van der Waals surface area (Å²) in [6.07, 6.45) is 6.10. The van der Waals surface area contributed by atoms with Crippen LogP contribution in [-0.4, -0.2) is 48.1 Å². The Hall–Kier alpha value is -2.55. The normalized spacial score (nSPS) is 22.8. The number of rotatable bonds is 7. The van der Waals surface area contributed by atoms with Gasteiger partial charge in [-0.1, -0.05) is 50.1 Å². The molecular weight excluding hydrogens is 637 g/mol. The molecule has 2 fully saturated rings. The number of hydrogen-bond acceptors (Lipinski definition) is 6. The van der Waals surface area contributed by atoms with Crippen molar-refractivity contribution in [1.82, 2.24) is 4.98 Å². The summed E-state index contributed by atoms with van der Waals surface area (Å²) in [6.45, 7) is 8.73. The van der Waals surface area contributed by atoms with E-state index in [0.29, 0.717) is 38.4 Å². The lowest BCUT2D eigenvalue weighted by atomic mass is 9.59. The van der Waals surface area contributed by atoms with Crippen LogP contribution in [0.25, 0.3) is 5.57 Å². The molecule has 0 amide bonds. The molecule has 1 saturated heterocycles. The van der Waals surface area contributed by atoms with Gasteiger partial charge in [-0.05, 0) is 96.4 Å². The van der Waals surface area contributed by atoms with Crippen LogP contribution < -0.4 is 0 Å². The van der Waals surface area contributed by atoms with Crippen molar-refractivity contribution in [3.05, 3.63) is 69.0 Å². The van der Waals surface area contributed by atoms with E-state index in [1.807, 2.05) is 0 Å². The minimum atomic E-state index is -4.68. The van der Waals surface area contributed by atoms with Crippen molar-refractivity contribution in [3.8, 4) is 6.07 Å². The van der Waals surface area contributed by atoms with Crippen molar-refractivity contribution >= 4 is 21.7 Å². The Kier molecular flexibility index (Phi) is 10.3. The lowest BCUT2D eigenvalue weighted by Gasteiger charge is -2.48. The Balaban J connectivity index is 1.58. The summed E-state index contributed by atoms with van der Waals surface area (Å²) >= 11 is 0. The van der Waals surface area contributed by atoms with E-state index in [9.17, 15) is 23.5 Å². The van der Waals surface area contributed by atoms with E-state index in [1.54, 1.807) is 6.07 Å². The van der Waals surface area contributed by atoms with Gasteiger partial charge >= 0.3 is 6.18 Å². The van der Waals surface area contributed by atoms with Crippen LogP contribution in [0.5, 0.6) is 0 Å². The molecule has 2 aliphatic heterocycles. The van der Waals surface area contributed by atoms with E-state index >= 15 is 0 Å². The van der Waals surface area contributed by atoms with Crippen LogP contribution in [0.2, 0.25) is 0 Å². The summed E-state index contributed by atoms with van der Waals surface area (Å²) in [5.41, 5.74) is 4.34. The molecule has 3 unspecified atom stereocenters. The third-order valence-electron chi connectivity index (χ3n) is 10.4. The summed E-state index contributed by atoms with van der Waals surface area (Å²) in [5.74, 6) is 0.0114. The highest BCUT2D eigenvalue weighted by atomic mass is 32.2. The SMILES string of the molecule is CS(=CCC(C)(C)C)OC1CC2(CCC2)Cc2nc(C3CCOCC3)c(C(O)c3ccc(C(F)(F)F)c(C#N)c3)c(C3=CCOCC3)c21. The molecular formula is C38H47F3N2O4S. The van der Waals surface area contributed by atoms with Crippen molar-refractivity contribution in [2.75, 3.05) is 32.7 Å². The second-order valence-corrected chi connectivity index (χ2v) is 16.7. The average molecular weight is 685 g/mol. The second-order valence-electron chi connectivity index (χ2n) is 15.2. The minimum absolute atomic E-state index is 0.0114. The van der Waals surface area contributed by atoms with Crippen LogP contribution >= 0.6 is 10.8 Å². The molecule has 0 radical (unpaired) electrons. The maximum absolute atomic E-state index is 13.8. The summed E-state index contributed by atoms with van der Waals surface area (Å²) < 4.78 is 59.8. The summed E-state index contributed by atoms with van der Waals surface area (Å²) in [7, 11) is -0.443. The molecule has 260 valence electrons. The summed E-state index contributed by atoms with van der Waals surface area (Å²) in [5, 5.41) is 24.4. The van der Waals surface area contributed by atoms with Gasteiger partial charge in [-0.2, -0.15) is 18.4 Å². The maximum atomic E-state index is 13.8. The molecule has 4 aliphatic rings. The minimum Gasteiger partial charge on any atom is -0.384 e. The average Bonchev–Trinajstić information content (AvgIpc) is 3.05. The zero-order chi connectivity index (χ0) is 34.3. The number of aliphatic hydroxyl groups excluding tert-OH is 1.